The summed E-state index contributed by atoms with van der Waals surface area (Å²) >= 11 is 12.2. The number of imidazole rings is 1. The van der Waals surface area contributed by atoms with Crippen molar-refractivity contribution in [3.05, 3.63) is 22.2 Å². The maximum absolute atomic E-state index is 10.6. The lowest BCUT2D eigenvalue weighted by Crippen LogP contribution is -2.52. The van der Waals surface area contributed by atoms with Gasteiger partial charge in [-0.05, 0) is 26.0 Å². The first-order valence-electron chi connectivity index (χ1n) is 8.05. The van der Waals surface area contributed by atoms with Crippen molar-refractivity contribution in [3.63, 3.8) is 0 Å². The van der Waals surface area contributed by atoms with Crippen LogP contribution in [-0.2, 0) is 4.74 Å². The van der Waals surface area contributed by atoms with Crippen molar-refractivity contribution >= 4 is 40.2 Å². The molecule has 1 fully saturated rings. The van der Waals surface area contributed by atoms with Gasteiger partial charge in [-0.2, -0.15) is 0 Å². The van der Waals surface area contributed by atoms with Crippen LogP contribution in [0.5, 0.6) is 0 Å². The van der Waals surface area contributed by atoms with Gasteiger partial charge < -0.3 is 29.9 Å². The van der Waals surface area contributed by atoms with Crippen LogP contribution in [0.4, 0.5) is 5.95 Å². The van der Waals surface area contributed by atoms with Crippen molar-refractivity contribution < 1.29 is 20.1 Å². The van der Waals surface area contributed by atoms with E-state index in [-0.39, 0.29) is 19.3 Å². The second-order valence-corrected chi connectivity index (χ2v) is 7.28. The molecule has 2 aromatic rings. The fourth-order valence-corrected chi connectivity index (χ4v) is 3.36. The van der Waals surface area contributed by atoms with Gasteiger partial charge in [0.05, 0.1) is 40.3 Å². The summed E-state index contributed by atoms with van der Waals surface area (Å²) in [5.74, 6) is 0.519. The molecule has 0 aliphatic carbocycles. The van der Waals surface area contributed by atoms with E-state index in [4.69, 9.17) is 27.9 Å². The van der Waals surface area contributed by atoms with Gasteiger partial charge in [-0.25, -0.2) is 4.98 Å². The van der Waals surface area contributed by atoms with E-state index in [0.717, 1.165) is 0 Å². The van der Waals surface area contributed by atoms with E-state index in [1.807, 2.05) is 13.8 Å². The van der Waals surface area contributed by atoms with Gasteiger partial charge in [0.1, 0.15) is 18.3 Å². The van der Waals surface area contributed by atoms with Gasteiger partial charge in [0.2, 0.25) is 5.95 Å². The first kappa shape index (κ1) is 18.7. The number of benzene rings is 1. The fourth-order valence-electron chi connectivity index (χ4n) is 3.04. The number of nitrogens with one attached hydrogen (secondary N) is 1. The number of hydrogen-bond acceptors (Lipinski definition) is 6. The average Bonchev–Trinajstić information content (AvgIpc) is 2.86. The number of fused-ring (bicyclic) bond motifs is 1. The van der Waals surface area contributed by atoms with Gasteiger partial charge in [0.25, 0.3) is 0 Å². The van der Waals surface area contributed by atoms with E-state index in [1.54, 1.807) is 16.7 Å². The molecule has 0 spiro atoms. The van der Waals surface area contributed by atoms with E-state index in [9.17, 15) is 15.3 Å². The molecule has 0 unspecified atom stereocenters. The number of rotatable bonds is 4. The Morgan fingerprint density at radius 1 is 1.28 bits per heavy atom. The highest BCUT2D eigenvalue weighted by molar-refractivity contribution is 6.42. The van der Waals surface area contributed by atoms with Gasteiger partial charge in [-0.3, -0.25) is 0 Å². The maximum Gasteiger partial charge on any atom is 0.204 e. The standard InChI is InChI=1S/C16H21Cl2N3O4/c1-7(2)19-16-20-10-3-8(17)9(18)4-11(10)21(16)12-6-25-13(5-22)15(24)14(12)23/h3-4,7,12-15,22-24H,5-6H2,1-2H3,(H,19,20)/t12-,13-,14+,15-/m0/s1. The highest BCUT2D eigenvalue weighted by atomic mass is 35.5. The number of ether oxygens (including phenoxy) is 1. The number of hydrogen-bond donors (Lipinski definition) is 4. The van der Waals surface area contributed by atoms with E-state index >= 15 is 0 Å². The zero-order valence-corrected chi connectivity index (χ0v) is 15.4. The molecule has 25 heavy (non-hydrogen) atoms. The maximum atomic E-state index is 10.6. The number of halogens is 2. The van der Waals surface area contributed by atoms with Crippen LogP contribution in [0.25, 0.3) is 11.0 Å². The SMILES string of the molecule is CC(C)Nc1nc2cc(Cl)c(Cl)cc2n1[C@H]1CO[C@@H](CO)[C@H](O)[C@@H]1O. The first-order chi connectivity index (χ1) is 11.8. The summed E-state index contributed by atoms with van der Waals surface area (Å²) < 4.78 is 7.28. The molecule has 9 heteroatoms. The van der Waals surface area contributed by atoms with Crippen LogP contribution in [0.15, 0.2) is 12.1 Å². The van der Waals surface area contributed by atoms with Crippen LogP contribution in [0.2, 0.25) is 10.0 Å². The van der Waals surface area contributed by atoms with Crippen molar-refractivity contribution in [2.75, 3.05) is 18.5 Å². The quantitative estimate of drug-likeness (QED) is 0.636. The summed E-state index contributed by atoms with van der Waals surface area (Å²) in [6.45, 7) is 3.68. The average molecular weight is 390 g/mol. The van der Waals surface area contributed by atoms with Gasteiger partial charge in [-0.1, -0.05) is 23.2 Å². The van der Waals surface area contributed by atoms with Gasteiger partial charge in [-0.15, -0.1) is 0 Å². The third kappa shape index (κ3) is 3.45. The zero-order valence-electron chi connectivity index (χ0n) is 13.9. The summed E-state index contributed by atoms with van der Waals surface area (Å²) in [5.41, 5.74) is 1.28. The van der Waals surface area contributed by atoms with Crippen molar-refractivity contribution in [2.24, 2.45) is 0 Å². The second kappa shape index (κ2) is 7.26. The third-order valence-corrected chi connectivity index (χ3v) is 4.99. The van der Waals surface area contributed by atoms with Crippen LogP contribution >= 0.6 is 23.2 Å². The minimum absolute atomic E-state index is 0.0956. The monoisotopic (exact) mass is 389 g/mol. The summed E-state index contributed by atoms with van der Waals surface area (Å²) in [6, 6.07) is 2.83. The molecule has 4 N–H and O–H groups in total. The molecule has 1 aliphatic heterocycles. The molecule has 1 aliphatic rings. The lowest BCUT2D eigenvalue weighted by Gasteiger charge is -2.38. The predicted molar refractivity (Wildman–Crippen MR) is 96.4 cm³/mol. The van der Waals surface area contributed by atoms with E-state index < -0.39 is 24.4 Å². The summed E-state index contributed by atoms with van der Waals surface area (Å²) in [7, 11) is 0. The van der Waals surface area contributed by atoms with E-state index in [2.05, 4.69) is 10.3 Å². The van der Waals surface area contributed by atoms with Gasteiger partial charge in [0, 0.05) is 6.04 Å². The highest BCUT2D eigenvalue weighted by Gasteiger charge is 2.40. The van der Waals surface area contributed by atoms with Crippen LogP contribution in [0.3, 0.4) is 0 Å². The van der Waals surface area contributed by atoms with E-state index in [0.29, 0.717) is 27.0 Å². The van der Waals surface area contributed by atoms with Crippen molar-refractivity contribution in [1.29, 1.82) is 0 Å². The van der Waals surface area contributed by atoms with Crippen molar-refractivity contribution in [3.8, 4) is 0 Å². The molecule has 0 amide bonds. The van der Waals surface area contributed by atoms with Gasteiger partial charge >= 0.3 is 0 Å². The summed E-state index contributed by atoms with van der Waals surface area (Å²) in [5, 5.41) is 34.0. The van der Waals surface area contributed by atoms with Crippen LogP contribution in [-0.4, -0.2) is 62.4 Å². The topological polar surface area (TPSA) is 99.8 Å². The number of anilines is 1. The van der Waals surface area contributed by atoms with Crippen LogP contribution < -0.4 is 5.32 Å². The smallest absolute Gasteiger partial charge is 0.204 e. The Hall–Kier alpha value is -1.09. The molecule has 0 radical (unpaired) electrons. The molecule has 1 aromatic carbocycles. The number of nitrogens with zero attached hydrogens (tertiary/aromatic N) is 2. The Morgan fingerprint density at radius 2 is 1.96 bits per heavy atom. The van der Waals surface area contributed by atoms with Crippen LogP contribution in [0, 0.1) is 0 Å². The Morgan fingerprint density at radius 3 is 2.60 bits per heavy atom. The fraction of sp³-hybridized carbons (Fsp3) is 0.562. The molecule has 4 atom stereocenters. The molecule has 0 bridgehead atoms. The number of aliphatic hydroxyl groups is 3. The number of aromatic nitrogens is 2. The Labute approximate surface area is 155 Å². The molecule has 138 valence electrons. The largest absolute Gasteiger partial charge is 0.394 e. The predicted octanol–water partition coefficient (Wildman–Crippen LogP) is 1.82. The first-order valence-corrected chi connectivity index (χ1v) is 8.81. The lowest BCUT2D eigenvalue weighted by molar-refractivity contribution is -0.168. The Balaban J connectivity index is 2.11. The minimum atomic E-state index is -1.21. The Kier molecular flexibility index (Phi) is 5.43. The highest BCUT2D eigenvalue weighted by Crippen LogP contribution is 2.35. The summed E-state index contributed by atoms with van der Waals surface area (Å²) in [4.78, 5) is 4.54. The second-order valence-electron chi connectivity index (χ2n) is 6.46. The Bertz CT molecular complexity index is 767. The van der Waals surface area contributed by atoms with Crippen molar-refractivity contribution in [2.45, 2.75) is 44.2 Å². The molecular formula is C16H21Cl2N3O4. The zero-order chi connectivity index (χ0) is 18.3. The molecule has 7 nitrogen and oxygen atoms in total. The van der Waals surface area contributed by atoms with Gasteiger partial charge in [0.15, 0.2) is 0 Å². The van der Waals surface area contributed by atoms with E-state index in [1.165, 1.54) is 0 Å². The summed E-state index contributed by atoms with van der Waals surface area (Å²) in [6.07, 6.45) is -3.16. The van der Waals surface area contributed by atoms with Crippen molar-refractivity contribution in [1.82, 2.24) is 9.55 Å². The molecule has 1 aromatic heterocycles. The minimum Gasteiger partial charge on any atom is -0.394 e. The molecule has 1 saturated heterocycles. The number of aliphatic hydroxyl groups excluding tert-OH is 3. The normalized spacial score (nSPS) is 27.2. The molecular weight excluding hydrogens is 369 g/mol. The molecule has 0 saturated carbocycles. The molecule has 3 rings (SSSR count). The lowest BCUT2D eigenvalue weighted by atomic mass is 9.98. The third-order valence-electron chi connectivity index (χ3n) is 4.27. The van der Waals surface area contributed by atoms with Crippen LogP contribution in [0.1, 0.15) is 19.9 Å². The molecule has 2 heterocycles.